The second-order valence-electron chi connectivity index (χ2n) is 7.57. The van der Waals surface area contributed by atoms with Crippen molar-refractivity contribution >= 4 is 89.7 Å². The number of hydrogen-bond acceptors (Lipinski definition) is 25. The molecular formula is H20N10O15Si10. The smallest absolute Gasteiger partial charge is 0.348 e. The van der Waals surface area contributed by atoms with E-state index < -0.39 is 89.7 Å². The number of fused-ring (bicyclic) bond motifs is 10. The molecule has 35 heteroatoms. The summed E-state index contributed by atoms with van der Waals surface area (Å²) in [4.78, 5) is 0. The van der Waals surface area contributed by atoms with Gasteiger partial charge in [-0.15, -0.1) is 0 Å². The van der Waals surface area contributed by atoms with Gasteiger partial charge >= 0.3 is 89.7 Å². The molecule has 20 N–H and O–H groups in total. The van der Waals surface area contributed by atoms with Crippen molar-refractivity contribution in [3.8, 4) is 0 Å². The van der Waals surface area contributed by atoms with Gasteiger partial charge in [0, 0.05) is 0 Å². The van der Waals surface area contributed by atoms with Crippen LogP contribution in [-0.2, 0) is 61.7 Å². The SMILES string of the molecule is N[Si]12O[Si]3(N)O[Si]4(N)O[Si](N)(O1)O[Si]1(N)O[Si](N)(O4)O[Si]4(N)O[Si](N)(O[Si](N)(O[Si](N)(O3)O4)O2)O1. The van der Waals surface area contributed by atoms with Crippen molar-refractivity contribution in [1.29, 1.82) is 0 Å². The lowest BCUT2D eigenvalue weighted by Gasteiger charge is -2.56. The highest BCUT2D eigenvalue weighted by Crippen LogP contribution is 2.40. The molecule has 5 aliphatic rings. The van der Waals surface area contributed by atoms with Crippen molar-refractivity contribution < 1.29 is 61.7 Å². The topological polar surface area (TPSA) is 399 Å². The van der Waals surface area contributed by atoms with Gasteiger partial charge in [0.1, 0.15) is 0 Å². The molecule has 5 heterocycles. The number of rotatable bonds is 0. The van der Waals surface area contributed by atoms with Gasteiger partial charge in [0.05, 0.1) is 0 Å². The molecule has 0 aromatic carbocycles. The van der Waals surface area contributed by atoms with E-state index in [1.54, 1.807) is 0 Å². The van der Waals surface area contributed by atoms with Gasteiger partial charge < -0.3 is 61.7 Å². The molecule has 5 fully saturated rings. The van der Waals surface area contributed by atoms with E-state index >= 15 is 0 Å². The molecule has 0 atom stereocenters. The molecule has 35 heavy (non-hydrogen) atoms. The predicted molar refractivity (Wildman–Crippen MR) is 116 cm³/mol. The van der Waals surface area contributed by atoms with Crippen molar-refractivity contribution in [2.24, 2.45) is 54.0 Å². The number of nitrogens with two attached hydrogens (primary N) is 10. The minimum absolute atomic E-state index is 4.81. The molecule has 0 radical (unpaired) electrons. The quantitative estimate of drug-likeness (QED) is 0.106. The van der Waals surface area contributed by atoms with E-state index in [1.807, 2.05) is 0 Å². The first-order valence-electron chi connectivity index (χ1n) is 9.01. The van der Waals surface area contributed by atoms with E-state index in [9.17, 15) is 0 Å². The van der Waals surface area contributed by atoms with Crippen molar-refractivity contribution in [2.45, 2.75) is 0 Å². The first-order chi connectivity index (χ1) is 15.6. The lowest BCUT2D eigenvalue weighted by atomic mass is 13.9. The minimum atomic E-state index is -4.81. The second-order valence-corrected chi connectivity index (χ2v) is 31.9. The zero-order valence-electron chi connectivity index (χ0n) is 16.9. The Morgan fingerprint density at radius 2 is 0.229 bits per heavy atom. The highest BCUT2D eigenvalue weighted by atomic mass is 28.6. The van der Waals surface area contributed by atoms with Crippen LogP contribution in [0, 0.1) is 0 Å². The fraction of sp³-hybridized carbons (Fsp3) is 0. The van der Waals surface area contributed by atoms with Gasteiger partial charge in [0.25, 0.3) is 0 Å². The highest BCUT2D eigenvalue weighted by Gasteiger charge is 2.83. The van der Waals surface area contributed by atoms with E-state index in [4.69, 9.17) is 116 Å². The number of hydrogen-bond donors (Lipinski definition) is 10. The summed E-state index contributed by atoms with van der Waals surface area (Å²) in [5.41, 5.74) is 0. The van der Waals surface area contributed by atoms with Crippen molar-refractivity contribution in [1.82, 2.24) is 0 Å². The normalized spacial score (nSPS) is 66.0. The third-order valence-corrected chi connectivity index (χ3v) is 38.4. The molecule has 0 amide bonds. The maximum absolute atomic E-state index is 6.26. The summed E-state index contributed by atoms with van der Waals surface area (Å²) in [7, 11) is -48.1. The van der Waals surface area contributed by atoms with Crippen LogP contribution in [0.1, 0.15) is 0 Å². The molecule has 200 valence electrons. The Morgan fingerprint density at radius 3 is 0.286 bits per heavy atom. The van der Waals surface area contributed by atoms with Crippen LogP contribution in [0.15, 0.2) is 0 Å². The molecule has 5 aliphatic heterocycles. The van der Waals surface area contributed by atoms with Gasteiger partial charge in [0.15, 0.2) is 0 Å². The summed E-state index contributed by atoms with van der Waals surface area (Å²) in [5.74, 6) is 0. The Morgan fingerprint density at radius 1 is 0.171 bits per heavy atom. The molecule has 0 aliphatic carbocycles. The summed E-state index contributed by atoms with van der Waals surface area (Å²) in [5, 5.41) is 62.6. The largest absolute Gasteiger partial charge is 0.574 e. The zero-order valence-corrected chi connectivity index (χ0v) is 26.9. The Labute approximate surface area is 205 Å². The van der Waals surface area contributed by atoms with E-state index in [0.29, 0.717) is 0 Å². The van der Waals surface area contributed by atoms with E-state index in [2.05, 4.69) is 0 Å². The standard InChI is InChI=1S/H20N10O15Si10/c1-26-11-27(2)18-30(5)12-28(3,16-26)20-32(7)14-34(9,22-30)25-35(10)15-33(8,24-32)21-29(4,17-26)13-31(6,19-27)23-35/h1-10H2. The average molecular weight is 681 g/mol. The average Bonchev–Trinajstić information content (AvgIpc) is 2.40. The van der Waals surface area contributed by atoms with Crippen LogP contribution in [0.5, 0.6) is 0 Å². The van der Waals surface area contributed by atoms with Gasteiger partial charge in [0.2, 0.25) is 0 Å². The Balaban J connectivity index is 1.68. The summed E-state index contributed by atoms with van der Waals surface area (Å²) in [6, 6.07) is 0. The van der Waals surface area contributed by atoms with E-state index in [0.717, 1.165) is 0 Å². The van der Waals surface area contributed by atoms with Gasteiger partial charge in [-0.3, -0.25) is 54.0 Å². The Kier molecular flexibility index (Phi) is 5.34. The van der Waals surface area contributed by atoms with Crippen LogP contribution in [0.3, 0.4) is 0 Å². The zero-order chi connectivity index (χ0) is 25.6. The monoisotopic (exact) mass is 680 g/mol. The highest BCUT2D eigenvalue weighted by molar-refractivity contribution is 7.00. The maximum atomic E-state index is 6.26. The summed E-state index contributed by atoms with van der Waals surface area (Å²) in [6.07, 6.45) is 0. The van der Waals surface area contributed by atoms with E-state index in [-0.39, 0.29) is 0 Å². The van der Waals surface area contributed by atoms with Gasteiger partial charge in [-0.05, 0) is 0 Å². The first-order valence-corrected chi connectivity index (χ1v) is 27.0. The maximum Gasteiger partial charge on any atom is 0.574 e. The molecule has 0 aromatic heterocycles. The van der Waals surface area contributed by atoms with Crippen molar-refractivity contribution in [3.63, 3.8) is 0 Å². The minimum Gasteiger partial charge on any atom is -0.348 e. The molecule has 0 spiro atoms. The van der Waals surface area contributed by atoms with Crippen LogP contribution in [-0.4, -0.2) is 89.7 Å². The van der Waals surface area contributed by atoms with Crippen LogP contribution in [0.2, 0.25) is 0 Å². The van der Waals surface area contributed by atoms with Crippen molar-refractivity contribution in [2.75, 3.05) is 0 Å². The van der Waals surface area contributed by atoms with E-state index in [1.165, 1.54) is 0 Å². The third-order valence-electron chi connectivity index (χ3n) is 4.27. The Hall–Kier alpha value is 1.17. The van der Waals surface area contributed by atoms with Crippen LogP contribution < -0.4 is 54.0 Å². The molecule has 5 rings (SSSR count). The summed E-state index contributed by atoms with van der Waals surface area (Å²) in [6.45, 7) is 0. The predicted octanol–water partition coefficient (Wildman–Crippen LogP) is -10.7. The summed E-state index contributed by atoms with van der Waals surface area (Å²) >= 11 is 0. The molecule has 5 saturated heterocycles. The van der Waals surface area contributed by atoms with Gasteiger partial charge in [-0.25, -0.2) is 0 Å². The van der Waals surface area contributed by atoms with Gasteiger partial charge in [-0.2, -0.15) is 0 Å². The molecular weight excluding hydrogens is 661 g/mol. The summed E-state index contributed by atoms with van der Waals surface area (Å²) < 4.78 is 85.0. The third kappa shape index (κ3) is 4.66. The lowest BCUT2D eigenvalue weighted by molar-refractivity contribution is -0.0272. The van der Waals surface area contributed by atoms with Crippen molar-refractivity contribution in [3.05, 3.63) is 0 Å². The Bertz CT molecular complexity index is 705. The van der Waals surface area contributed by atoms with Crippen LogP contribution in [0.4, 0.5) is 0 Å². The molecule has 0 unspecified atom stereocenters. The second kappa shape index (κ2) is 7.08. The molecule has 10 bridgehead atoms. The van der Waals surface area contributed by atoms with Crippen LogP contribution >= 0.6 is 0 Å². The molecule has 0 saturated carbocycles. The van der Waals surface area contributed by atoms with Gasteiger partial charge in [-0.1, -0.05) is 0 Å². The van der Waals surface area contributed by atoms with Crippen LogP contribution in [0.25, 0.3) is 0 Å². The molecule has 0 aromatic rings. The molecule has 25 nitrogen and oxygen atoms in total. The lowest BCUT2D eigenvalue weighted by Crippen LogP contribution is -2.96. The first kappa shape index (κ1) is 26.4. The fourth-order valence-electron chi connectivity index (χ4n) is 3.60. The fourth-order valence-corrected chi connectivity index (χ4v) is 43.6.